The minimum absolute atomic E-state index is 0.113. The van der Waals surface area contributed by atoms with Gasteiger partial charge in [0, 0.05) is 0 Å². The highest BCUT2D eigenvalue weighted by Gasteiger charge is 2.50. The highest BCUT2D eigenvalue weighted by molar-refractivity contribution is 6.65. The summed E-state index contributed by atoms with van der Waals surface area (Å²) in [7, 11) is 0. The standard InChI is InChI=1S/C7H7ClO4/c1-2-3-11-7(10)5-4(12-5)6(8)9/h2,4-5H,1,3H2. The van der Waals surface area contributed by atoms with Gasteiger partial charge in [-0.15, -0.1) is 0 Å². The van der Waals surface area contributed by atoms with Crippen LogP contribution in [0.4, 0.5) is 0 Å². The van der Waals surface area contributed by atoms with Gasteiger partial charge < -0.3 is 9.47 Å². The molecule has 1 rings (SSSR count). The van der Waals surface area contributed by atoms with Gasteiger partial charge in [-0.05, 0) is 11.6 Å². The van der Waals surface area contributed by atoms with E-state index in [-0.39, 0.29) is 6.61 Å². The van der Waals surface area contributed by atoms with Crippen LogP contribution in [0.5, 0.6) is 0 Å². The van der Waals surface area contributed by atoms with Crippen LogP contribution in [0.1, 0.15) is 0 Å². The zero-order valence-corrected chi connectivity index (χ0v) is 6.91. The Kier molecular flexibility index (Phi) is 2.83. The van der Waals surface area contributed by atoms with Crippen molar-refractivity contribution in [1.29, 1.82) is 0 Å². The highest BCUT2D eigenvalue weighted by atomic mass is 35.5. The molecule has 0 spiro atoms. The first-order valence-electron chi connectivity index (χ1n) is 3.29. The number of ether oxygens (including phenoxy) is 2. The fourth-order valence-electron chi connectivity index (χ4n) is 0.687. The summed E-state index contributed by atoms with van der Waals surface area (Å²) in [4.78, 5) is 21.3. The molecule has 2 atom stereocenters. The summed E-state index contributed by atoms with van der Waals surface area (Å²) in [6, 6.07) is 0. The molecule has 12 heavy (non-hydrogen) atoms. The van der Waals surface area contributed by atoms with E-state index in [0.29, 0.717) is 0 Å². The van der Waals surface area contributed by atoms with Gasteiger partial charge in [-0.25, -0.2) is 4.79 Å². The second-order valence-electron chi connectivity index (χ2n) is 2.20. The monoisotopic (exact) mass is 190 g/mol. The summed E-state index contributed by atoms with van der Waals surface area (Å²) in [5.74, 6) is -0.575. The first-order valence-corrected chi connectivity index (χ1v) is 3.67. The van der Waals surface area contributed by atoms with Gasteiger partial charge in [0.05, 0.1) is 0 Å². The molecular formula is C7H7ClO4. The van der Waals surface area contributed by atoms with E-state index in [1.54, 1.807) is 0 Å². The summed E-state index contributed by atoms with van der Waals surface area (Å²) in [5.41, 5.74) is 0. The van der Waals surface area contributed by atoms with Gasteiger partial charge in [0.25, 0.3) is 5.24 Å². The maximum absolute atomic E-state index is 10.9. The van der Waals surface area contributed by atoms with Crippen molar-refractivity contribution < 1.29 is 19.1 Å². The molecule has 0 radical (unpaired) electrons. The Bertz CT molecular complexity index is 225. The molecule has 0 aliphatic carbocycles. The van der Waals surface area contributed by atoms with Crippen LogP contribution in [0.3, 0.4) is 0 Å². The van der Waals surface area contributed by atoms with E-state index < -0.39 is 23.4 Å². The van der Waals surface area contributed by atoms with Crippen molar-refractivity contribution in [3.05, 3.63) is 12.7 Å². The molecule has 1 fully saturated rings. The van der Waals surface area contributed by atoms with Crippen LogP contribution in [-0.2, 0) is 19.1 Å². The molecule has 1 aliphatic heterocycles. The van der Waals surface area contributed by atoms with Crippen LogP contribution in [-0.4, -0.2) is 30.0 Å². The van der Waals surface area contributed by atoms with Crippen LogP contribution in [0.25, 0.3) is 0 Å². The fraction of sp³-hybridized carbons (Fsp3) is 0.429. The first kappa shape index (κ1) is 9.22. The smallest absolute Gasteiger partial charge is 0.338 e. The molecule has 1 saturated heterocycles. The number of hydrogen-bond donors (Lipinski definition) is 0. The third-order valence-corrected chi connectivity index (χ3v) is 1.51. The molecule has 1 heterocycles. The number of esters is 1. The van der Waals surface area contributed by atoms with Crippen molar-refractivity contribution in [2.45, 2.75) is 12.2 Å². The lowest BCUT2D eigenvalue weighted by Crippen LogP contribution is -2.16. The molecule has 4 nitrogen and oxygen atoms in total. The number of epoxide rings is 1. The number of hydrogen-bond acceptors (Lipinski definition) is 4. The zero-order valence-electron chi connectivity index (χ0n) is 6.16. The second-order valence-corrected chi connectivity index (χ2v) is 2.57. The lowest BCUT2D eigenvalue weighted by Gasteiger charge is -1.95. The predicted octanol–water partition coefficient (Wildman–Crippen LogP) is 0.248. The van der Waals surface area contributed by atoms with Crippen LogP contribution >= 0.6 is 11.6 Å². The SMILES string of the molecule is C=CCOC(=O)C1OC1C(=O)Cl. The van der Waals surface area contributed by atoms with Gasteiger partial charge in [-0.3, -0.25) is 4.79 Å². The maximum Gasteiger partial charge on any atom is 0.338 e. The summed E-state index contributed by atoms with van der Waals surface area (Å²) in [5, 5.41) is -0.671. The molecule has 1 aliphatic rings. The maximum atomic E-state index is 10.9. The predicted molar refractivity (Wildman–Crippen MR) is 40.7 cm³/mol. The molecule has 0 bridgehead atoms. The normalized spacial score (nSPS) is 26.1. The Labute approximate surface area is 74.1 Å². The molecule has 5 heteroatoms. The number of halogens is 1. The van der Waals surface area contributed by atoms with Crippen molar-refractivity contribution >= 4 is 22.8 Å². The summed E-state index contributed by atoms with van der Waals surface area (Å²) in [6.07, 6.45) is -0.198. The number of rotatable bonds is 4. The second kappa shape index (κ2) is 3.69. The minimum atomic E-state index is -0.816. The average molecular weight is 191 g/mol. The summed E-state index contributed by atoms with van der Waals surface area (Å²) >= 11 is 5.06. The van der Waals surface area contributed by atoms with Gasteiger partial charge >= 0.3 is 5.97 Å². The highest BCUT2D eigenvalue weighted by Crippen LogP contribution is 2.25. The summed E-state index contributed by atoms with van der Waals surface area (Å²) < 4.78 is 9.25. The van der Waals surface area contributed by atoms with E-state index in [1.807, 2.05) is 0 Å². The van der Waals surface area contributed by atoms with Crippen LogP contribution in [0.2, 0.25) is 0 Å². The van der Waals surface area contributed by atoms with E-state index in [9.17, 15) is 9.59 Å². The third-order valence-electron chi connectivity index (χ3n) is 1.29. The van der Waals surface area contributed by atoms with Crippen molar-refractivity contribution in [2.24, 2.45) is 0 Å². The number of carbonyl (C=O) groups is 2. The van der Waals surface area contributed by atoms with Crippen LogP contribution < -0.4 is 0 Å². The van der Waals surface area contributed by atoms with E-state index in [4.69, 9.17) is 11.6 Å². The molecular weight excluding hydrogens is 184 g/mol. The van der Waals surface area contributed by atoms with Gasteiger partial charge in [-0.1, -0.05) is 12.7 Å². The van der Waals surface area contributed by atoms with Crippen molar-refractivity contribution in [2.75, 3.05) is 6.61 Å². The third kappa shape index (κ3) is 2.06. The Morgan fingerprint density at radius 2 is 2.25 bits per heavy atom. The quantitative estimate of drug-likeness (QED) is 0.276. The van der Waals surface area contributed by atoms with Crippen molar-refractivity contribution in [3.8, 4) is 0 Å². The molecule has 66 valence electrons. The largest absolute Gasteiger partial charge is 0.459 e. The van der Waals surface area contributed by atoms with Gasteiger partial charge in [-0.2, -0.15) is 0 Å². The topological polar surface area (TPSA) is 55.9 Å². The van der Waals surface area contributed by atoms with E-state index >= 15 is 0 Å². The van der Waals surface area contributed by atoms with Crippen LogP contribution in [0.15, 0.2) is 12.7 Å². The lowest BCUT2D eigenvalue weighted by molar-refractivity contribution is -0.143. The van der Waals surface area contributed by atoms with Gasteiger partial charge in [0.15, 0.2) is 12.2 Å². The average Bonchev–Trinajstić information content (AvgIpc) is 2.78. The molecule has 0 N–H and O–H groups in total. The lowest BCUT2D eigenvalue weighted by atomic mass is 10.3. The van der Waals surface area contributed by atoms with E-state index in [0.717, 1.165) is 0 Å². The Morgan fingerprint density at radius 1 is 1.58 bits per heavy atom. The number of carbonyl (C=O) groups excluding carboxylic acids is 2. The first-order chi connectivity index (χ1) is 5.66. The summed E-state index contributed by atoms with van der Waals surface area (Å²) in [6.45, 7) is 3.47. The Hall–Kier alpha value is -0.870. The van der Waals surface area contributed by atoms with E-state index in [1.165, 1.54) is 6.08 Å². The molecule has 0 saturated carbocycles. The molecule has 0 aromatic heterocycles. The fourth-order valence-corrected chi connectivity index (χ4v) is 0.853. The van der Waals surface area contributed by atoms with Crippen LogP contribution in [0, 0.1) is 0 Å². The molecule has 0 amide bonds. The minimum Gasteiger partial charge on any atom is -0.459 e. The Morgan fingerprint density at radius 3 is 2.67 bits per heavy atom. The van der Waals surface area contributed by atoms with Gasteiger partial charge in [0.1, 0.15) is 6.61 Å². The zero-order chi connectivity index (χ0) is 9.14. The van der Waals surface area contributed by atoms with Gasteiger partial charge in [0.2, 0.25) is 0 Å². The molecule has 2 unspecified atom stereocenters. The molecule has 0 aromatic carbocycles. The van der Waals surface area contributed by atoms with Crippen molar-refractivity contribution in [3.63, 3.8) is 0 Å². The molecule has 0 aromatic rings. The van der Waals surface area contributed by atoms with E-state index in [2.05, 4.69) is 16.1 Å². The Balaban J connectivity index is 2.28. The van der Waals surface area contributed by atoms with Crippen molar-refractivity contribution in [1.82, 2.24) is 0 Å².